The number of benzene rings is 1. The number of hydrogen-bond acceptors (Lipinski definition) is 5. The van der Waals surface area contributed by atoms with Crippen molar-refractivity contribution in [3.05, 3.63) is 55.7 Å². The summed E-state index contributed by atoms with van der Waals surface area (Å²) in [5, 5.41) is 0.955. The van der Waals surface area contributed by atoms with Gasteiger partial charge in [0.15, 0.2) is 16.6 Å². The first-order valence-corrected chi connectivity index (χ1v) is 10.4. The lowest BCUT2D eigenvalue weighted by Crippen LogP contribution is -2.18. The fraction of sp³-hybridized carbons (Fsp3) is 0.417. The Morgan fingerprint density at radius 3 is 2.59 bits per heavy atom. The van der Waals surface area contributed by atoms with Gasteiger partial charge in [-0.05, 0) is 50.3 Å². The Balaban J connectivity index is 2.09. The quantitative estimate of drug-likeness (QED) is 0.419. The van der Waals surface area contributed by atoms with Crippen LogP contribution >= 0.6 is 0 Å². The lowest BCUT2D eigenvalue weighted by molar-refractivity contribution is 0.234. The van der Waals surface area contributed by atoms with E-state index in [2.05, 4.69) is 19.9 Å². The zero-order valence-electron chi connectivity index (χ0n) is 17.1. The van der Waals surface area contributed by atoms with Gasteiger partial charge >= 0.3 is 5.63 Å². The Morgan fingerprint density at radius 2 is 1.83 bits per heavy atom. The number of hydrogen-bond donors (Lipinski definition) is 0. The van der Waals surface area contributed by atoms with E-state index in [1.807, 2.05) is 12.2 Å². The van der Waals surface area contributed by atoms with Crippen molar-refractivity contribution >= 4 is 28.0 Å². The van der Waals surface area contributed by atoms with Gasteiger partial charge in [-0.1, -0.05) is 26.7 Å². The highest BCUT2D eigenvalue weighted by Gasteiger charge is 2.27. The molecule has 3 heterocycles. The summed E-state index contributed by atoms with van der Waals surface area (Å²) in [6.07, 6.45) is 9.50. The lowest BCUT2D eigenvalue weighted by atomic mass is 9.96. The van der Waals surface area contributed by atoms with Crippen molar-refractivity contribution in [1.29, 1.82) is 0 Å². The molecule has 2 aromatic heterocycles. The summed E-state index contributed by atoms with van der Waals surface area (Å²) in [4.78, 5) is 25.1. The second kappa shape index (κ2) is 7.90. The number of fused-ring (bicyclic) bond motifs is 6. The molecule has 0 fully saturated rings. The monoisotopic (exact) mass is 393 g/mol. The molecule has 0 bridgehead atoms. The van der Waals surface area contributed by atoms with E-state index >= 15 is 0 Å². The second-order valence-electron chi connectivity index (χ2n) is 7.63. The fourth-order valence-corrected chi connectivity index (χ4v) is 3.93. The molecule has 29 heavy (non-hydrogen) atoms. The topological polar surface area (TPSA) is 69.7 Å². The maximum absolute atomic E-state index is 12.8. The van der Waals surface area contributed by atoms with Crippen LogP contribution in [0, 0.1) is 13.0 Å². The van der Waals surface area contributed by atoms with Gasteiger partial charge in [-0.15, -0.1) is 0 Å². The number of aryl methyl sites for hydroxylation is 2. The highest BCUT2D eigenvalue weighted by Crippen LogP contribution is 2.42. The predicted molar refractivity (Wildman–Crippen MR) is 114 cm³/mol. The van der Waals surface area contributed by atoms with E-state index in [1.54, 1.807) is 6.92 Å². The van der Waals surface area contributed by atoms with E-state index in [4.69, 9.17) is 13.6 Å². The Morgan fingerprint density at radius 1 is 1.03 bits per heavy atom. The maximum Gasteiger partial charge on any atom is 0.344 e. The van der Waals surface area contributed by atoms with Gasteiger partial charge in [0, 0.05) is 6.07 Å². The molecule has 1 aromatic carbocycles. The molecule has 4 rings (SSSR count). The molecule has 0 saturated carbocycles. The summed E-state index contributed by atoms with van der Waals surface area (Å²) < 4.78 is 17.8. The highest BCUT2D eigenvalue weighted by atomic mass is 16.5. The van der Waals surface area contributed by atoms with Gasteiger partial charge in [0.25, 0.3) is 0 Å². The van der Waals surface area contributed by atoms with Gasteiger partial charge in [0.05, 0.1) is 17.0 Å². The first kappa shape index (κ1) is 19.5. The van der Waals surface area contributed by atoms with Crippen LogP contribution in [0.3, 0.4) is 0 Å². The third kappa shape index (κ3) is 3.50. The van der Waals surface area contributed by atoms with Gasteiger partial charge in [-0.2, -0.15) is 0 Å². The van der Waals surface area contributed by atoms with Crippen LogP contribution < -0.4 is 15.8 Å². The average molecular weight is 393 g/mol. The van der Waals surface area contributed by atoms with Crippen LogP contribution in [0.5, 0.6) is 5.75 Å². The summed E-state index contributed by atoms with van der Waals surface area (Å²) >= 11 is 0. The van der Waals surface area contributed by atoms with E-state index in [1.165, 1.54) is 6.07 Å². The second-order valence-corrected chi connectivity index (χ2v) is 7.63. The molecule has 3 aromatic rings. The molecule has 1 radical (unpaired) electrons. The summed E-state index contributed by atoms with van der Waals surface area (Å²) in [6, 6.07) is 4.25. The van der Waals surface area contributed by atoms with Crippen LogP contribution in [0.15, 0.2) is 30.6 Å². The number of unbranched alkanes of at least 4 members (excludes halogenated alkanes) is 2. The standard InChI is InChI=1S/C24H25O5/c1-4-6-8-15-13-19(26)29-24-20(15)22-17(11-10-16(28-22)9-7-5-2)23-21(24)18(25)12-14(3)27-23/h10-12,16H,4-9H2,1-3H3. The zero-order chi connectivity index (χ0) is 20.5. The van der Waals surface area contributed by atoms with Crippen LogP contribution in [0.2, 0.25) is 0 Å². The van der Waals surface area contributed by atoms with Crippen molar-refractivity contribution in [2.24, 2.45) is 0 Å². The molecular weight excluding hydrogens is 368 g/mol. The van der Waals surface area contributed by atoms with Gasteiger partial charge in [0.2, 0.25) is 0 Å². The molecule has 151 valence electrons. The zero-order valence-corrected chi connectivity index (χ0v) is 17.1. The van der Waals surface area contributed by atoms with Crippen LogP contribution in [0.25, 0.3) is 28.0 Å². The smallest absolute Gasteiger partial charge is 0.344 e. The Labute approximate surface area is 169 Å². The minimum Gasteiger partial charge on any atom is -0.485 e. The highest BCUT2D eigenvalue weighted by molar-refractivity contribution is 6.10. The van der Waals surface area contributed by atoms with Crippen molar-refractivity contribution in [3.63, 3.8) is 0 Å². The van der Waals surface area contributed by atoms with Crippen LogP contribution in [0.1, 0.15) is 62.8 Å². The normalized spacial score (nSPS) is 15.6. The minimum atomic E-state index is -0.585. The summed E-state index contributed by atoms with van der Waals surface area (Å²) in [5.41, 5.74) is 1.29. The fourth-order valence-electron chi connectivity index (χ4n) is 3.93. The maximum atomic E-state index is 12.8. The van der Waals surface area contributed by atoms with Gasteiger partial charge < -0.3 is 13.6 Å². The first-order chi connectivity index (χ1) is 14.0. The molecule has 0 spiro atoms. The van der Waals surface area contributed by atoms with E-state index in [9.17, 15) is 9.59 Å². The van der Waals surface area contributed by atoms with Gasteiger partial charge in [-0.25, -0.2) is 4.79 Å². The molecule has 1 unspecified atom stereocenters. The molecule has 1 atom stereocenters. The molecule has 0 amide bonds. The first-order valence-electron chi connectivity index (χ1n) is 10.4. The van der Waals surface area contributed by atoms with E-state index in [0.717, 1.165) is 43.2 Å². The number of ether oxygens (including phenoxy) is 1. The van der Waals surface area contributed by atoms with Gasteiger partial charge in [-0.3, -0.25) is 4.79 Å². The summed E-state index contributed by atoms with van der Waals surface area (Å²) in [7, 11) is 0. The lowest BCUT2D eigenvalue weighted by Gasteiger charge is -2.24. The van der Waals surface area contributed by atoms with Crippen molar-refractivity contribution in [2.45, 2.75) is 65.4 Å². The minimum absolute atomic E-state index is 0.0643. The van der Waals surface area contributed by atoms with Crippen LogP contribution in [0.4, 0.5) is 0 Å². The molecular formula is C24H25O5. The van der Waals surface area contributed by atoms with Crippen LogP contribution in [-0.4, -0.2) is 6.10 Å². The van der Waals surface area contributed by atoms with Crippen molar-refractivity contribution < 1.29 is 13.6 Å². The van der Waals surface area contributed by atoms with E-state index in [-0.39, 0.29) is 22.5 Å². The Kier molecular flexibility index (Phi) is 5.31. The summed E-state index contributed by atoms with van der Waals surface area (Å²) in [6.45, 7) is 5.97. The third-order valence-electron chi connectivity index (χ3n) is 5.36. The van der Waals surface area contributed by atoms with Crippen molar-refractivity contribution in [1.82, 2.24) is 0 Å². The molecule has 0 aliphatic carbocycles. The number of rotatable bonds is 6. The largest absolute Gasteiger partial charge is 0.485 e. The third-order valence-corrected chi connectivity index (χ3v) is 5.36. The molecule has 1 aliphatic rings. The Hall–Kier alpha value is -2.82. The van der Waals surface area contributed by atoms with Crippen molar-refractivity contribution in [2.75, 3.05) is 0 Å². The molecule has 1 aliphatic heterocycles. The molecule has 5 nitrogen and oxygen atoms in total. The Bertz CT molecular complexity index is 1210. The molecule has 0 saturated heterocycles. The van der Waals surface area contributed by atoms with Gasteiger partial charge in [0.1, 0.15) is 23.0 Å². The van der Waals surface area contributed by atoms with E-state index < -0.39 is 5.63 Å². The average Bonchev–Trinajstić information content (AvgIpc) is 2.69. The van der Waals surface area contributed by atoms with Crippen molar-refractivity contribution in [3.8, 4) is 5.75 Å². The molecule has 0 N–H and O–H groups in total. The predicted octanol–water partition coefficient (Wildman–Crippen LogP) is 5.32. The molecule has 5 heteroatoms. The SMILES string of the molecule is CCCCc1[c]c(=O)oc2c1c1c(c3oc(C)cc(=O)c32)C=CC(CCCC)O1. The van der Waals surface area contributed by atoms with Crippen LogP contribution in [-0.2, 0) is 6.42 Å². The summed E-state index contributed by atoms with van der Waals surface area (Å²) in [5.74, 6) is 1.12. The van der Waals surface area contributed by atoms with E-state index in [0.29, 0.717) is 28.9 Å².